The first kappa shape index (κ1) is 16.5. The maximum atomic E-state index is 12.4. The van der Waals surface area contributed by atoms with Gasteiger partial charge in [-0.25, -0.2) is 15.0 Å². The van der Waals surface area contributed by atoms with Gasteiger partial charge in [0, 0.05) is 43.8 Å². The first-order valence-corrected chi connectivity index (χ1v) is 8.57. The third kappa shape index (κ3) is 3.36. The Labute approximate surface area is 150 Å². The van der Waals surface area contributed by atoms with Crippen LogP contribution in [0.4, 0.5) is 0 Å². The third-order valence-corrected chi connectivity index (χ3v) is 4.58. The third-order valence-electron chi connectivity index (χ3n) is 4.58. The molecule has 8 nitrogen and oxygen atoms in total. The summed E-state index contributed by atoms with van der Waals surface area (Å²) in [5.41, 5.74) is 1.56. The van der Waals surface area contributed by atoms with Crippen LogP contribution in [0.1, 0.15) is 40.7 Å². The van der Waals surface area contributed by atoms with Crippen LogP contribution in [0.25, 0.3) is 0 Å². The van der Waals surface area contributed by atoms with Crippen molar-refractivity contribution >= 4 is 5.91 Å². The molecule has 134 valence electrons. The zero-order valence-electron chi connectivity index (χ0n) is 14.5. The fourth-order valence-corrected chi connectivity index (χ4v) is 3.15. The number of carbonyl (C=O) groups is 1. The summed E-state index contributed by atoms with van der Waals surface area (Å²) in [6, 6.07) is 3.83. The Balaban J connectivity index is 1.43. The highest BCUT2D eigenvalue weighted by molar-refractivity contribution is 5.92. The predicted octanol–water partition coefficient (Wildman–Crippen LogP) is 1.77. The summed E-state index contributed by atoms with van der Waals surface area (Å²) in [6.07, 6.45) is 8.57. The van der Waals surface area contributed by atoms with Crippen molar-refractivity contribution in [3.05, 3.63) is 66.2 Å². The van der Waals surface area contributed by atoms with E-state index in [2.05, 4.69) is 36.7 Å². The Morgan fingerprint density at radius 1 is 1.35 bits per heavy atom. The molecule has 0 radical (unpaired) electrons. The number of imidazole rings is 1. The summed E-state index contributed by atoms with van der Waals surface area (Å²) in [7, 11) is 0. The molecule has 1 aliphatic rings. The van der Waals surface area contributed by atoms with E-state index in [1.54, 1.807) is 31.0 Å². The average Bonchev–Trinajstić information content (AvgIpc) is 3.33. The van der Waals surface area contributed by atoms with Crippen molar-refractivity contribution in [3.8, 4) is 0 Å². The summed E-state index contributed by atoms with van der Waals surface area (Å²) in [6.45, 7) is 4.90. The van der Waals surface area contributed by atoms with Crippen molar-refractivity contribution in [2.24, 2.45) is 0 Å². The normalized spacial score (nSPS) is 17.0. The molecule has 0 saturated heterocycles. The zero-order chi connectivity index (χ0) is 17.9. The molecule has 3 aromatic rings. The van der Waals surface area contributed by atoms with Crippen LogP contribution in [0.5, 0.6) is 0 Å². The lowest BCUT2D eigenvalue weighted by Crippen LogP contribution is -2.36. The number of carbonyl (C=O) groups excluding carboxylic acids is 1. The first-order valence-electron chi connectivity index (χ1n) is 8.57. The SMILES string of the molecule is CC1c2nc(C(=O)NCc3ncccn3)cn2CCN1Cc1ccoc1. The average molecular weight is 352 g/mol. The molecule has 0 bridgehead atoms. The lowest BCUT2D eigenvalue weighted by Gasteiger charge is -2.33. The van der Waals surface area contributed by atoms with E-state index in [1.165, 1.54) is 0 Å². The summed E-state index contributed by atoms with van der Waals surface area (Å²) < 4.78 is 7.21. The van der Waals surface area contributed by atoms with Crippen LogP contribution in [-0.2, 0) is 19.6 Å². The van der Waals surface area contributed by atoms with Gasteiger partial charge in [-0.05, 0) is 19.1 Å². The lowest BCUT2D eigenvalue weighted by molar-refractivity contribution is 0.0945. The highest BCUT2D eigenvalue weighted by Crippen LogP contribution is 2.26. The molecule has 0 spiro atoms. The molecule has 3 aromatic heterocycles. The molecule has 1 N–H and O–H groups in total. The van der Waals surface area contributed by atoms with Crippen molar-refractivity contribution in [2.45, 2.75) is 32.6 Å². The van der Waals surface area contributed by atoms with Crippen LogP contribution in [0, 0.1) is 0 Å². The molecule has 0 aliphatic carbocycles. The number of hydrogen-bond donors (Lipinski definition) is 1. The zero-order valence-corrected chi connectivity index (χ0v) is 14.5. The summed E-state index contributed by atoms with van der Waals surface area (Å²) in [5, 5.41) is 2.82. The minimum Gasteiger partial charge on any atom is -0.472 e. The number of amides is 1. The Hall–Kier alpha value is -3.00. The Kier molecular flexibility index (Phi) is 4.49. The number of hydrogen-bond acceptors (Lipinski definition) is 6. The second kappa shape index (κ2) is 7.09. The van der Waals surface area contributed by atoms with Gasteiger partial charge in [0.05, 0.1) is 25.1 Å². The van der Waals surface area contributed by atoms with Crippen molar-refractivity contribution in [2.75, 3.05) is 6.54 Å². The lowest BCUT2D eigenvalue weighted by atomic mass is 10.2. The fraction of sp³-hybridized carbons (Fsp3) is 0.333. The van der Waals surface area contributed by atoms with E-state index in [0.29, 0.717) is 11.5 Å². The molecule has 4 heterocycles. The molecule has 1 atom stereocenters. The van der Waals surface area contributed by atoms with Crippen LogP contribution in [0.3, 0.4) is 0 Å². The number of nitrogens with zero attached hydrogens (tertiary/aromatic N) is 5. The topological polar surface area (TPSA) is 89.1 Å². The smallest absolute Gasteiger partial charge is 0.271 e. The van der Waals surface area contributed by atoms with Crippen LogP contribution < -0.4 is 5.32 Å². The van der Waals surface area contributed by atoms with E-state index in [-0.39, 0.29) is 18.5 Å². The fourth-order valence-electron chi connectivity index (χ4n) is 3.15. The van der Waals surface area contributed by atoms with Crippen LogP contribution in [-0.4, -0.2) is 36.9 Å². The minimum absolute atomic E-state index is 0.123. The van der Waals surface area contributed by atoms with Crippen LogP contribution >= 0.6 is 0 Å². The highest BCUT2D eigenvalue weighted by atomic mass is 16.3. The first-order chi connectivity index (χ1) is 12.7. The van der Waals surface area contributed by atoms with Gasteiger partial charge >= 0.3 is 0 Å². The number of fused-ring (bicyclic) bond motifs is 1. The molecule has 1 unspecified atom stereocenters. The van der Waals surface area contributed by atoms with E-state index in [0.717, 1.165) is 31.0 Å². The highest BCUT2D eigenvalue weighted by Gasteiger charge is 2.27. The summed E-state index contributed by atoms with van der Waals surface area (Å²) in [4.78, 5) is 27.5. The molecule has 1 amide bonds. The molecule has 4 rings (SSSR count). The van der Waals surface area contributed by atoms with E-state index < -0.39 is 0 Å². The number of nitrogens with one attached hydrogen (secondary N) is 1. The van der Waals surface area contributed by atoms with Gasteiger partial charge in [0.2, 0.25) is 0 Å². The maximum absolute atomic E-state index is 12.4. The van der Waals surface area contributed by atoms with E-state index in [4.69, 9.17) is 4.42 Å². The molecular formula is C18H20N6O2. The molecule has 0 fully saturated rings. The van der Waals surface area contributed by atoms with Crippen molar-refractivity contribution in [3.63, 3.8) is 0 Å². The molecular weight excluding hydrogens is 332 g/mol. The minimum atomic E-state index is -0.215. The van der Waals surface area contributed by atoms with E-state index in [1.807, 2.05) is 12.3 Å². The standard InChI is InChI=1S/C18H20N6O2/c1-13-17-22-15(18(25)21-9-16-19-4-2-5-20-16)11-24(17)7-6-23(13)10-14-3-8-26-12-14/h2-5,8,11-13H,6-7,9-10H2,1H3,(H,21,25). The maximum Gasteiger partial charge on any atom is 0.271 e. The quantitative estimate of drug-likeness (QED) is 0.753. The van der Waals surface area contributed by atoms with Gasteiger partial charge in [-0.1, -0.05) is 0 Å². The molecule has 0 aromatic carbocycles. The van der Waals surface area contributed by atoms with Gasteiger partial charge in [0.1, 0.15) is 17.3 Å². The Bertz CT molecular complexity index is 874. The second-order valence-electron chi connectivity index (χ2n) is 6.30. The monoisotopic (exact) mass is 352 g/mol. The van der Waals surface area contributed by atoms with Gasteiger partial charge < -0.3 is 14.3 Å². The van der Waals surface area contributed by atoms with Crippen LogP contribution in [0.2, 0.25) is 0 Å². The Morgan fingerprint density at radius 2 is 2.19 bits per heavy atom. The van der Waals surface area contributed by atoms with Crippen molar-refractivity contribution in [1.29, 1.82) is 0 Å². The molecule has 8 heteroatoms. The Morgan fingerprint density at radius 3 is 2.96 bits per heavy atom. The molecule has 0 saturated carbocycles. The number of furan rings is 1. The molecule has 26 heavy (non-hydrogen) atoms. The van der Waals surface area contributed by atoms with Crippen LogP contribution in [0.15, 0.2) is 47.7 Å². The van der Waals surface area contributed by atoms with Gasteiger partial charge in [-0.3, -0.25) is 9.69 Å². The molecule has 1 aliphatic heterocycles. The van der Waals surface area contributed by atoms with E-state index in [9.17, 15) is 4.79 Å². The van der Waals surface area contributed by atoms with Gasteiger partial charge in [-0.15, -0.1) is 0 Å². The number of aromatic nitrogens is 4. The van der Waals surface area contributed by atoms with E-state index >= 15 is 0 Å². The second-order valence-corrected chi connectivity index (χ2v) is 6.30. The van der Waals surface area contributed by atoms with Crippen molar-refractivity contribution < 1.29 is 9.21 Å². The number of rotatable bonds is 5. The largest absolute Gasteiger partial charge is 0.472 e. The van der Waals surface area contributed by atoms with Gasteiger partial charge in [-0.2, -0.15) is 0 Å². The van der Waals surface area contributed by atoms with Gasteiger partial charge in [0.25, 0.3) is 5.91 Å². The van der Waals surface area contributed by atoms with Crippen molar-refractivity contribution in [1.82, 2.24) is 29.7 Å². The summed E-state index contributed by atoms with van der Waals surface area (Å²) >= 11 is 0. The summed E-state index contributed by atoms with van der Waals surface area (Å²) in [5.74, 6) is 1.26. The predicted molar refractivity (Wildman–Crippen MR) is 93.0 cm³/mol. The van der Waals surface area contributed by atoms with Gasteiger partial charge in [0.15, 0.2) is 0 Å².